The molecule has 39 heavy (non-hydrogen) atoms. The van der Waals surface area contributed by atoms with Crippen molar-refractivity contribution in [2.45, 2.75) is 49.8 Å². The number of ether oxygens (including phenoxy) is 1. The van der Waals surface area contributed by atoms with E-state index in [0.29, 0.717) is 12.3 Å². The van der Waals surface area contributed by atoms with E-state index >= 15 is 0 Å². The number of amides is 1. The van der Waals surface area contributed by atoms with E-state index in [9.17, 15) is 27.1 Å². The Balaban J connectivity index is 1.66. The van der Waals surface area contributed by atoms with Crippen LogP contribution in [0.25, 0.3) is 0 Å². The lowest BCUT2D eigenvalue weighted by molar-refractivity contribution is -0.122. The maximum absolute atomic E-state index is 13.8. The van der Waals surface area contributed by atoms with Gasteiger partial charge in [-0.2, -0.15) is 0 Å². The molecule has 3 rings (SSSR count). The van der Waals surface area contributed by atoms with Crippen LogP contribution in [-0.2, 0) is 34.0 Å². The number of nitrogens with one attached hydrogen (secondary N) is 2. The summed E-state index contributed by atoms with van der Waals surface area (Å²) in [7, 11) is -2.36. The van der Waals surface area contributed by atoms with Crippen molar-refractivity contribution in [1.29, 1.82) is 0 Å². The Morgan fingerprint density at radius 1 is 0.974 bits per heavy atom. The zero-order valence-electron chi connectivity index (χ0n) is 22.0. The summed E-state index contributed by atoms with van der Waals surface area (Å²) >= 11 is 0. The summed E-state index contributed by atoms with van der Waals surface area (Å²) in [6, 6.07) is 16.0. The van der Waals surface area contributed by atoms with Gasteiger partial charge in [-0.3, -0.25) is 4.79 Å². The number of aryl methyl sites for hydroxylation is 1. The van der Waals surface area contributed by atoms with Gasteiger partial charge in [-0.05, 0) is 59.9 Å². The Labute approximate surface area is 228 Å². The highest BCUT2D eigenvalue weighted by Gasteiger charge is 2.24. The van der Waals surface area contributed by atoms with Gasteiger partial charge in [0.1, 0.15) is 17.4 Å². The molecule has 3 N–H and O–H groups in total. The lowest BCUT2D eigenvalue weighted by Gasteiger charge is -2.25. The summed E-state index contributed by atoms with van der Waals surface area (Å²) in [5.41, 5.74) is 2.45. The van der Waals surface area contributed by atoms with Crippen LogP contribution in [0.3, 0.4) is 0 Å². The Bertz CT molecular complexity index is 1350. The third kappa shape index (κ3) is 9.42. The molecule has 0 aliphatic carbocycles. The highest BCUT2D eigenvalue weighted by molar-refractivity contribution is 7.91. The highest BCUT2D eigenvalue weighted by atomic mass is 32.2. The largest absolute Gasteiger partial charge is 0.497 e. The molecule has 0 saturated carbocycles. The fourth-order valence-corrected chi connectivity index (χ4v) is 5.42. The molecule has 0 bridgehead atoms. The van der Waals surface area contributed by atoms with Crippen LogP contribution in [-0.4, -0.2) is 51.0 Å². The molecular weight excluding hydrogens is 526 g/mol. The monoisotopic (exact) mass is 560 g/mol. The molecule has 1 amide bonds. The van der Waals surface area contributed by atoms with Gasteiger partial charge in [0.05, 0.1) is 29.9 Å². The standard InChI is InChI=1S/C29H34F2N2O5S/c1-3-20-6-4-7-21(12-20)18-32-19-28(34)27(15-22-13-23(30)16-24(31)14-22)33-29(35)10-11-39(36,37)26-9-5-8-25(17-26)38-2/h4-9,12-14,16-17,27-28,32,34H,3,10-11,15,18-19H2,1-2H3,(H,33,35)/t27-,28-/m0/s1. The summed E-state index contributed by atoms with van der Waals surface area (Å²) in [6.45, 7) is 2.61. The number of halogens is 2. The van der Waals surface area contributed by atoms with Crippen molar-refractivity contribution in [3.63, 3.8) is 0 Å². The van der Waals surface area contributed by atoms with Crippen LogP contribution >= 0.6 is 0 Å². The van der Waals surface area contributed by atoms with E-state index in [-0.39, 0.29) is 29.8 Å². The van der Waals surface area contributed by atoms with Gasteiger partial charge in [-0.15, -0.1) is 0 Å². The van der Waals surface area contributed by atoms with Crippen molar-refractivity contribution in [1.82, 2.24) is 10.6 Å². The minimum atomic E-state index is -3.78. The molecule has 2 atom stereocenters. The quantitative estimate of drug-likeness (QED) is 0.279. The first kappa shape index (κ1) is 30.2. The van der Waals surface area contributed by atoms with Crippen LogP contribution in [0.1, 0.15) is 30.0 Å². The number of methoxy groups -OCH3 is 1. The van der Waals surface area contributed by atoms with Gasteiger partial charge in [0.15, 0.2) is 9.84 Å². The van der Waals surface area contributed by atoms with E-state index in [1.165, 1.54) is 24.8 Å². The fourth-order valence-electron chi connectivity index (χ4n) is 4.15. The van der Waals surface area contributed by atoms with Crippen molar-refractivity contribution in [3.8, 4) is 5.75 Å². The van der Waals surface area contributed by atoms with Gasteiger partial charge in [-0.25, -0.2) is 17.2 Å². The topological polar surface area (TPSA) is 105 Å². The average molecular weight is 561 g/mol. The second-order valence-corrected chi connectivity index (χ2v) is 11.4. The highest BCUT2D eigenvalue weighted by Crippen LogP contribution is 2.19. The molecule has 0 fully saturated rings. The van der Waals surface area contributed by atoms with E-state index in [2.05, 4.69) is 23.6 Å². The summed E-state index contributed by atoms with van der Waals surface area (Å²) in [5.74, 6) is -2.25. The zero-order valence-corrected chi connectivity index (χ0v) is 22.8. The molecule has 0 radical (unpaired) electrons. The molecule has 7 nitrogen and oxygen atoms in total. The van der Waals surface area contributed by atoms with Crippen LogP contribution in [0.5, 0.6) is 5.75 Å². The van der Waals surface area contributed by atoms with E-state index in [1.807, 2.05) is 18.2 Å². The zero-order chi connectivity index (χ0) is 28.4. The molecule has 3 aromatic rings. The lowest BCUT2D eigenvalue weighted by Crippen LogP contribution is -2.49. The van der Waals surface area contributed by atoms with Crippen molar-refractivity contribution < 1.29 is 31.8 Å². The minimum absolute atomic E-state index is 0.0258. The molecule has 0 aliphatic rings. The second-order valence-electron chi connectivity index (χ2n) is 9.28. The SMILES string of the molecule is CCc1cccc(CNC[C@H](O)[C@H](Cc2cc(F)cc(F)c2)NC(=O)CCS(=O)(=O)c2cccc(OC)c2)c1. The summed E-state index contributed by atoms with van der Waals surface area (Å²) in [4.78, 5) is 12.8. The molecular formula is C29H34F2N2O5S. The van der Waals surface area contributed by atoms with Crippen molar-refractivity contribution in [2.24, 2.45) is 0 Å². The first-order chi connectivity index (χ1) is 18.6. The maximum atomic E-state index is 13.8. The maximum Gasteiger partial charge on any atom is 0.221 e. The fraction of sp³-hybridized carbons (Fsp3) is 0.345. The molecule has 0 saturated heterocycles. The third-order valence-electron chi connectivity index (χ3n) is 6.27. The van der Waals surface area contributed by atoms with Crippen molar-refractivity contribution in [3.05, 3.63) is 95.1 Å². The third-order valence-corrected chi connectivity index (χ3v) is 7.98. The molecule has 0 aromatic heterocycles. The number of aliphatic hydroxyl groups is 1. The Morgan fingerprint density at radius 2 is 1.67 bits per heavy atom. The predicted molar refractivity (Wildman–Crippen MR) is 145 cm³/mol. The molecule has 0 spiro atoms. The van der Waals surface area contributed by atoms with Gasteiger partial charge in [0.2, 0.25) is 5.91 Å². The Hall–Kier alpha value is -3.34. The average Bonchev–Trinajstić information content (AvgIpc) is 2.91. The molecule has 0 unspecified atom stereocenters. The van der Waals surface area contributed by atoms with Crippen LogP contribution in [0.4, 0.5) is 8.78 Å². The number of aliphatic hydroxyl groups excluding tert-OH is 1. The Kier molecular flexibility index (Phi) is 11.0. The normalized spacial score (nSPS) is 13.1. The van der Waals surface area contributed by atoms with Crippen molar-refractivity contribution in [2.75, 3.05) is 19.4 Å². The number of carbonyl (C=O) groups excluding carboxylic acids is 1. The molecule has 0 aliphatic heterocycles. The summed E-state index contributed by atoms with van der Waals surface area (Å²) in [5, 5.41) is 16.7. The summed E-state index contributed by atoms with van der Waals surface area (Å²) in [6.07, 6.45) is -0.651. The van der Waals surface area contributed by atoms with E-state index < -0.39 is 45.3 Å². The van der Waals surface area contributed by atoms with E-state index in [4.69, 9.17) is 4.74 Å². The lowest BCUT2D eigenvalue weighted by atomic mass is 10.0. The molecule has 3 aromatic carbocycles. The smallest absolute Gasteiger partial charge is 0.221 e. The van der Waals surface area contributed by atoms with Gasteiger partial charge >= 0.3 is 0 Å². The van der Waals surface area contributed by atoms with Crippen molar-refractivity contribution >= 4 is 15.7 Å². The minimum Gasteiger partial charge on any atom is -0.497 e. The van der Waals surface area contributed by atoms with Gasteiger partial charge < -0.3 is 20.5 Å². The number of benzene rings is 3. The Morgan fingerprint density at radius 3 is 2.36 bits per heavy atom. The number of hydrogen-bond donors (Lipinski definition) is 3. The number of carbonyl (C=O) groups is 1. The first-order valence-corrected chi connectivity index (χ1v) is 14.3. The molecule has 210 valence electrons. The number of sulfone groups is 1. The van der Waals surface area contributed by atoms with E-state index in [1.54, 1.807) is 12.1 Å². The van der Waals surface area contributed by atoms with E-state index in [0.717, 1.165) is 30.2 Å². The van der Waals surface area contributed by atoms with Crippen LogP contribution in [0, 0.1) is 11.6 Å². The molecule has 0 heterocycles. The van der Waals surface area contributed by atoms with Crippen LogP contribution in [0.15, 0.2) is 71.6 Å². The first-order valence-electron chi connectivity index (χ1n) is 12.7. The van der Waals surface area contributed by atoms with Gasteiger partial charge in [0.25, 0.3) is 0 Å². The second kappa shape index (κ2) is 14.2. The number of hydrogen-bond acceptors (Lipinski definition) is 6. The van der Waals surface area contributed by atoms with Gasteiger partial charge in [-0.1, -0.05) is 37.3 Å². The number of rotatable bonds is 14. The summed E-state index contributed by atoms with van der Waals surface area (Å²) < 4.78 is 58.1. The van der Waals surface area contributed by atoms with Crippen LogP contribution in [0.2, 0.25) is 0 Å². The molecule has 10 heteroatoms. The van der Waals surface area contributed by atoms with Gasteiger partial charge in [0, 0.05) is 25.6 Å². The predicted octanol–water partition coefficient (Wildman–Crippen LogP) is 3.58. The van der Waals surface area contributed by atoms with Crippen LogP contribution < -0.4 is 15.4 Å².